The first-order chi connectivity index (χ1) is 11.7. The largest absolute Gasteiger partial charge is 0.366 e. The molecule has 2 heterocycles. The zero-order chi connectivity index (χ0) is 16.5. The van der Waals surface area contributed by atoms with Crippen LogP contribution in [0.1, 0.15) is 10.4 Å². The summed E-state index contributed by atoms with van der Waals surface area (Å²) in [5.74, 6) is -0.474. The van der Waals surface area contributed by atoms with Crippen molar-refractivity contribution < 1.29 is 4.79 Å². The van der Waals surface area contributed by atoms with E-state index in [1.807, 2.05) is 54.9 Å². The summed E-state index contributed by atoms with van der Waals surface area (Å²) in [5.41, 5.74) is 9.52. The van der Waals surface area contributed by atoms with Crippen molar-refractivity contribution in [3.05, 3.63) is 78.8 Å². The number of rotatable bonds is 3. The first kappa shape index (κ1) is 14.1. The van der Waals surface area contributed by atoms with Crippen LogP contribution < -0.4 is 5.73 Å². The van der Waals surface area contributed by atoms with Crippen molar-refractivity contribution in [3.63, 3.8) is 0 Å². The maximum atomic E-state index is 11.5. The maximum absolute atomic E-state index is 11.5. The fraction of sp³-hybridized carbons (Fsp3) is 0. The highest BCUT2D eigenvalue weighted by molar-refractivity contribution is 6.04. The van der Waals surface area contributed by atoms with E-state index >= 15 is 0 Å². The van der Waals surface area contributed by atoms with E-state index < -0.39 is 5.91 Å². The molecule has 1 amide bonds. The Labute approximate surface area is 138 Å². The van der Waals surface area contributed by atoms with Gasteiger partial charge in [-0.1, -0.05) is 30.3 Å². The lowest BCUT2D eigenvalue weighted by Crippen LogP contribution is -2.11. The van der Waals surface area contributed by atoms with Gasteiger partial charge < -0.3 is 5.73 Å². The Kier molecular flexibility index (Phi) is 3.31. The smallest absolute Gasteiger partial charge is 0.250 e. The maximum Gasteiger partial charge on any atom is 0.250 e. The molecule has 0 atom stereocenters. The van der Waals surface area contributed by atoms with E-state index in [2.05, 4.69) is 10.1 Å². The van der Waals surface area contributed by atoms with Gasteiger partial charge in [0.15, 0.2) is 0 Å². The standard InChI is InChI=1S/C19H14N4O/c20-19(24)17-5-1-3-15-12-23(22-18(15)17)16-8-6-13(7-9-16)14-4-2-10-21-11-14/h1-12H,(H2,20,24). The molecule has 0 aliphatic rings. The molecule has 4 aromatic rings. The van der Waals surface area contributed by atoms with Crippen LogP contribution in [-0.4, -0.2) is 20.7 Å². The minimum Gasteiger partial charge on any atom is -0.366 e. The summed E-state index contributed by atoms with van der Waals surface area (Å²) in [6.07, 6.45) is 5.47. The fourth-order valence-corrected chi connectivity index (χ4v) is 2.72. The third kappa shape index (κ3) is 2.42. The zero-order valence-electron chi connectivity index (χ0n) is 12.8. The molecule has 4 rings (SSSR count). The number of amides is 1. The Balaban J connectivity index is 1.75. The Morgan fingerprint density at radius 1 is 0.958 bits per heavy atom. The van der Waals surface area contributed by atoms with E-state index in [4.69, 9.17) is 5.73 Å². The van der Waals surface area contributed by atoms with Gasteiger partial charge in [-0.2, -0.15) is 5.10 Å². The van der Waals surface area contributed by atoms with Gasteiger partial charge in [0, 0.05) is 24.0 Å². The number of benzene rings is 2. The molecule has 5 heteroatoms. The van der Waals surface area contributed by atoms with Crippen molar-refractivity contribution in [2.24, 2.45) is 5.73 Å². The second kappa shape index (κ2) is 5.62. The van der Waals surface area contributed by atoms with Crippen LogP contribution in [0.5, 0.6) is 0 Å². The molecule has 116 valence electrons. The van der Waals surface area contributed by atoms with E-state index in [9.17, 15) is 4.79 Å². The van der Waals surface area contributed by atoms with Gasteiger partial charge in [-0.05, 0) is 35.4 Å². The van der Waals surface area contributed by atoms with Gasteiger partial charge >= 0.3 is 0 Å². The molecule has 0 bridgehead atoms. The first-order valence-electron chi connectivity index (χ1n) is 7.51. The number of hydrogen-bond donors (Lipinski definition) is 1. The minimum atomic E-state index is -0.474. The lowest BCUT2D eigenvalue weighted by atomic mass is 10.1. The molecule has 5 nitrogen and oxygen atoms in total. The molecule has 24 heavy (non-hydrogen) atoms. The molecule has 2 aromatic carbocycles. The van der Waals surface area contributed by atoms with Gasteiger partial charge in [0.1, 0.15) is 5.52 Å². The van der Waals surface area contributed by atoms with Crippen LogP contribution in [0, 0.1) is 0 Å². The number of carbonyl (C=O) groups excluding carboxylic acids is 1. The normalized spacial score (nSPS) is 10.8. The van der Waals surface area contributed by atoms with Gasteiger partial charge in [0.05, 0.1) is 11.3 Å². The molecule has 0 aliphatic carbocycles. The summed E-state index contributed by atoms with van der Waals surface area (Å²) in [5, 5.41) is 5.39. The van der Waals surface area contributed by atoms with E-state index in [1.54, 1.807) is 23.0 Å². The molecule has 0 aliphatic heterocycles. The van der Waals surface area contributed by atoms with Crippen LogP contribution in [-0.2, 0) is 0 Å². The number of hydrogen-bond acceptors (Lipinski definition) is 3. The SMILES string of the molecule is NC(=O)c1cccc2cn(-c3ccc(-c4cccnc4)cc3)nc12. The van der Waals surface area contributed by atoms with E-state index in [1.165, 1.54) is 0 Å². The van der Waals surface area contributed by atoms with E-state index in [0.717, 1.165) is 22.2 Å². The predicted molar refractivity (Wildman–Crippen MR) is 92.8 cm³/mol. The van der Waals surface area contributed by atoms with Crippen molar-refractivity contribution in [3.8, 4) is 16.8 Å². The van der Waals surface area contributed by atoms with Crippen molar-refractivity contribution in [2.45, 2.75) is 0 Å². The number of carbonyl (C=O) groups is 1. The third-order valence-electron chi connectivity index (χ3n) is 3.93. The summed E-state index contributed by atoms with van der Waals surface area (Å²) < 4.78 is 1.75. The molecule has 2 N–H and O–H groups in total. The zero-order valence-corrected chi connectivity index (χ0v) is 12.8. The average molecular weight is 314 g/mol. The molecular weight excluding hydrogens is 300 g/mol. The van der Waals surface area contributed by atoms with Gasteiger partial charge in [-0.3, -0.25) is 9.78 Å². The second-order valence-corrected chi connectivity index (χ2v) is 5.47. The van der Waals surface area contributed by atoms with Crippen LogP contribution in [0.4, 0.5) is 0 Å². The van der Waals surface area contributed by atoms with Crippen LogP contribution in [0.25, 0.3) is 27.7 Å². The average Bonchev–Trinajstić information content (AvgIpc) is 3.06. The Morgan fingerprint density at radius 2 is 1.79 bits per heavy atom. The van der Waals surface area contributed by atoms with Crippen LogP contribution in [0.2, 0.25) is 0 Å². The summed E-state index contributed by atoms with van der Waals surface area (Å²) in [7, 11) is 0. The second-order valence-electron chi connectivity index (χ2n) is 5.47. The van der Waals surface area contributed by atoms with Gasteiger partial charge in [-0.25, -0.2) is 4.68 Å². The Hall–Kier alpha value is -3.47. The van der Waals surface area contributed by atoms with Gasteiger partial charge in [0.2, 0.25) is 0 Å². The van der Waals surface area contributed by atoms with E-state index in [0.29, 0.717) is 11.1 Å². The van der Waals surface area contributed by atoms with E-state index in [-0.39, 0.29) is 0 Å². The molecule has 2 aromatic heterocycles. The lowest BCUT2D eigenvalue weighted by Gasteiger charge is -2.04. The predicted octanol–water partition coefficient (Wildman–Crippen LogP) is 3.19. The topological polar surface area (TPSA) is 73.8 Å². The fourth-order valence-electron chi connectivity index (χ4n) is 2.72. The van der Waals surface area contributed by atoms with Crippen molar-refractivity contribution in [1.82, 2.24) is 14.8 Å². The molecule has 0 spiro atoms. The van der Waals surface area contributed by atoms with Crippen LogP contribution >= 0.6 is 0 Å². The summed E-state index contributed by atoms with van der Waals surface area (Å²) >= 11 is 0. The number of nitrogens with two attached hydrogens (primary N) is 1. The molecule has 0 radical (unpaired) electrons. The van der Waals surface area contributed by atoms with Gasteiger partial charge in [0.25, 0.3) is 5.91 Å². The van der Waals surface area contributed by atoms with Gasteiger partial charge in [-0.15, -0.1) is 0 Å². The Morgan fingerprint density at radius 3 is 2.50 bits per heavy atom. The number of fused-ring (bicyclic) bond motifs is 1. The molecular formula is C19H14N4O. The number of nitrogens with zero attached hydrogens (tertiary/aromatic N) is 3. The third-order valence-corrected chi connectivity index (χ3v) is 3.93. The van der Waals surface area contributed by atoms with Crippen molar-refractivity contribution in [1.29, 1.82) is 0 Å². The molecule has 0 saturated heterocycles. The lowest BCUT2D eigenvalue weighted by molar-refractivity contribution is 0.100. The first-order valence-corrected chi connectivity index (χ1v) is 7.51. The summed E-state index contributed by atoms with van der Waals surface area (Å²) in [6, 6.07) is 17.3. The monoisotopic (exact) mass is 314 g/mol. The highest BCUT2D eigenvalue weighted by atomic mass is 16.1. The van der Waals surface area contributed by atoms with Crippen molar-refractivity contribution >= 4 is 16.8 Å². The number of primary amides is 1. The number of pyridine rings is 1. The summed E-state index contributed by atoms with van der Waals surface area (Å²) in [6.45, 7) is 0. The molecule has 0 saturated carbocycles. The molecule has 0 fully saturated rings. The summed E-state index contributed by atoms with van der Waals surface area (Å²) in [4.78, 5) is 15.7. The Bertz CT molecular complexity index is 1020. The quantitative estimate of drug-likeness (QED) is 0.631. The van der Waals surface area contributed by atoms with Crippen LogP contribution in [0.3, 0.4) is 0 Å². The highest BCUT2D eigenvalue weighted by Crippen LogP contribution is 2.22. The molecule has 0 unspecified atom stereocenters. The minimum absolute atomic E-state index is 0.429. The highest BCUT2D eigenvalue weighted by Gasteiger charge is 2.11. The van der Waals surface area contributed by atoms with Crippen LogP contribution in [0.15, 0.2) is 73.2 Å². The number of aromatic nitrogens is 3. The van der Waals surface area contributed by atoms with Crippen molar-refractivity contribution in [2.75, 3.05) is 0 Å².